The molecule has 0 saturated carbocycles. The van der Waals surface area contributed by atoms with Crippen molar-refractivity contribution in [2.45, 2.75) is 9.79 Å². The molecule has 0 fully saturated rings. The minimum absolute atomic E-state index is 0.594. The van der Waals surface area contributed by atoms with Crippen molar-refractivity contribution < 1.29 is 9.63 Å². The lowest BCUT2D eigenvalue weighted by Crippen LogP contribution is -2.10. The molecule has 0 bridgehead atoms. The molecule has 1 heterocycles. The lowest BCUT2D eigenvalue weighted by atomic mass is 10.2. The van der Waals surface area contributed by atoms with E-state index in [4.69, 9.17) is 4.84 Å². The van der Waals surface area contributed by atoms with Crippen molar-refractivity contribution in [2.24, 2.45) is 5.16 Å². The molecular weight excluding hydrogens is 334 g/mol. The van der Waals surface area contributed by atoms with Gasteiger partial charge in [0, 0.05) is 27.9 Å². The van der Waals surface area contributed by atoms with Crippen LogP contribution >= 0.6 is 11.8 Å². The lowest BCUT2D eigenvalue weighted by Gasteiger charge is -2.03. The number of hydrogen-bond acceptors (Lipinski definition) is 5. The second kappa shape index (κ2) is 8.65. The van der Waals surface area contributed by atoms with Crippen LogP contribution in [0.25, 0.3) is 0 Å². The first-order valence-electron chi connectivity index (χ1n) is 7.54. The van der Waals surface area contributed by atoms with Gasteiger partial charge in [0.05, 0.1) is 6.21 Å². The van der Waals surface area contributed by atoms with Crippen molar-refractivity contribution in [1.29, 1.82) is 0 Å². The standard InChI is InChI=1S/C19H15N3O2S/c23-19(22-16-9-11-20-12-10-16)24-21-14-15-5-4-8-18(13-15)25-17-6-2-1-3-7-17/h1-14H,(H,20,22,23)/b21-14+. The Balaban J connectivity index is 1.56. The summed E-state index contributed by atoms with van der Waals surface area (Å²) in [5, 5.41) is 6.28. The minimum atomic E-state index is -0.655. The van der Waals surface area contributed by atoms with Gasteiger partial charge in [-0.15, -0.1) is 0 Å². The first kappa shape index (κ1) is 16.7. The molecule has 1 aromatic heterocycles. The zero-order valence-electron chi connectivity index (χ0n) is 13.2. The number of nitrogens with one attached hydrogen (secondary N) is 1. The number of oxime groups is 1. The maximum atomic E-state index is 11.6. The number of hydrogen-bond donors (Lipinski definition) is 1. The molecule has 0 spiro atoms. The number of pyridine rings is 1. The number of rotatable bonds is 5. The second-order valence-electron chi connectivity index (χ2n) is 4.96. The fourth-order valence-electron chi connectivity index (χ4n) is 1.99. The van der Waals surface area contributed by atoms with E-state index in [0.717, 1.165) is 15.4 Å². The molecule has 3 aromatic rings. The van der Waals surface area contributed by atoms with Crippen LogP contribution in [-0.4, -0.2) is 17.3 Å². The van der Waals surface area contributed by atoms with E-state index in [1.165, 1.54) is 6.21 Å². The summed E-state index contributed by atoms with van der Waals surface area (Å²) in [7, 11) is 0. The highest BCUT2D eigenvalue weighted by molar-refractivity contribution is 7.99. The van der Waals surface area contributed by atoms with Gasteiger partial charge in [-0.2, -0.15) is 0 Å². The van der Waals surface area contributed by atoms with Crippen molar-refractivity contribution in [3.63, 3.8) is 0 Å². The summed E-state index contributed by atoms with van der Waals surface area (Å²) >= 11 is 1.66. The lowest BCUT2D eigenvalue weighted by molar-refractivity contribution is 0.167. The normalized spacial score (nSPS) is 10.6. The molecule has 1 N–H and O–H groups in total. The van der Waals surface area contributed by atoms with Crippen molar-refractivity contribution in [2.75, 3.05) is 5.32 Å². The van der Waals surface area contributed by atoms with E-state index in [1.54, 1.807) is 36.3 Å². The molecule has 6 heteroatoms. The highest BCUT2D eigenvalue weighted by atomic mass is 32.2. The van der Waals surface area contributed by atoms with E-state index in [1.807, 2.05) is 42.5 Å². The number of carbonyl (C=O) groups is 1. The Morgan fingerprint density at radius 2 is 1.76 bits per heavy atom. The van der Waals surface area contributed by atoms with E-state index in [-0.39, 0.29) is 0 Å². The Hall–Kier alpha value is -3.12. The fraction of sp³-hybridized carbons (Fsp3) is 0. The topological polar surface area (TPSA) is 63.6 Å². The Morgan fingerprint density at radius 1 is 1.00 bits per heavy atom. The quantitative estimate of drug-likeness (QED) is 0.408. The predicted molar refractivity (Wildman–Crippen MR) is 98.9 cm³/mol. The number of carbonyl (C=O) groups excluding carboxylic acids is 1. The SMILES string of the molecule is O=C(Nc1ccncc1)O/N=C/c1cccc(Sc2ccccc2)c1. The number of benzene rings is 2. The Kier molecular flexibility index (Phi) is 5.79. The van der Waals surface area contributed by atoms with Crippen LogP contribution in [0.1, 0.15) is 5.56 Å². The zero-order chi connectivity index (χ0) is 17.3. The highest BCUT2D eigenvalue weighted by Crippen LogP contribution is 2.27. The van der Waals surface area contributed by atoms with Crippen molar-refractivity contribution in [1.82, 2.24) is 4.98 Å². The molecule has 0 atom stereocenters. The average molecular weight is 349 g/mol. The molecule has 0 aliphatic heterocycles. The number of nitrogens with zero attached hydrogens (tertiary/aromatic N) is 2. The van der Waals surface area contributed by atoms with Gasteiger partial charge in [0.2, 0.25) is 0 Å². The molecular formula is C19H15N3O2S. The van der Waals surface area contributed by atoms with Gasteiger partial charge in [0.15, 0.2) is 0 Å². The number of aromatic nitrogens is 1. The molecule has 0 aliphatic carbocycles. The maximum Gasteiger partial charge on any atom is 0.437 e. The van der Waals surface area contributed by atoms with E-state index in [9.17, 15) is 4.79 Å². The number of anilines is 1. The van der Waals surface area contributed by atoms with Gasteiger partial charge < -0.3 is 0 Å². The maximum absolute atomic E-state index is 11.6. The van der Waals surface area contributed by atoms with E-state index in [2.05, 4.69) is 27.6 Å². The van der Waals surface area contributed by atoms with Gasteiger partial charge in [-0.25, -0.2) is 4.79 Å². The van der Waals surface area contributed by atoms with Gasteiger partial charge >= 0.3 is 6.09 Å². The van der Waals surface area contributed by atoms with Crippen molar-refractivity contribution in [3.8, 4) is 0 Å². The molecule has 3 rings (SSSR count). The van der Waals surface area contributed by atoms with Crippen LogP contribution in [0.3, 0.4) is 0 Å². The third-order valence-electron chi connectivity index (χ3n) is 3.10. The van der Waals surface area contributed by atoms with Crippen molar-refractivity contribution >= 4 is 29.8 Å². The third-order valence-corrected chi connectivity index (χ3v) is 4.10. The fourth-order valence-corrected chi connectivity index (χ4v) is 2.90. The predicted octanol–water partition coefficient (Wildman–Crippen LogP) is 4.82. The summed E-state index contributed by atoms with van der Waals surface area (Å²) in [5.41, 5.74) is 1.44. The Bertz CT molecular complexity index is 855. The van der Waals surface area contributed by atoms with Gasteiger partial charge in [-0.1, -0.05) is 47.2 Å². The average Bonchev–Trinajstić information content (AvgIpc) is 2.64. The van der Waals surface area contributed by atoms with E-state index < -0.39 is 6.09 Å². The zero-order valence-corrected chi connectivity index (χ0v) is 14.0. The molecule has 2 aromatic carbocycles. The van der Waals surface area contributed by atoms with Crippen molar-refractivity contribution in [3.05, 3.63) is 84.7 Å². The Morgan fingerprint density at radius 3 is 2.56 bits per heavy atom. The summed E-state index contributed by atoms with van der Waals surface area (Å²) in [6, 6.07) is 21.2. The third kappa shape index (κ3) is 5.47. The molecule has 1 amide bonds. The van der Waals surface area contributed by atoms with Crippen LogP contribution in [0.15, 0.2) is 94.1 Å². The van der Waals surface area contributed by atoms with E-state index >= 15 is 0 Å². The molecule has 0 unspecified atom stereocenters. The van der Waals surface area contributed by atoms with Gasteiger partial charge in [0.25, 0.3) is 0 Å². The summed E-state index contributed by atoms with van der Waals surface area (Å²) in [6.45, 7) is 0. The summed E-state index contributed by atoms with van der Waals surface area (Å²) < 4.78 is 0. The van der Waals surface area contributed by atoms with Gasteiger partial charge in [-0.05, 0) is 42.0 Å². The molecule has 5 nitrogen and oxygen atoms in total. The highest BCUT2D eigenvalue weighted by Gasteiger charge is 2.02. The summed E-state index contributed by atoms with van der Waals surface area (Å²) in [6.07, 6.45) is 4.00. The Labute approximate surface area is 149 Å². The van der Waals surface area contributed by atoms with Crippen LogP contribution in [0, 0.1) is 0 Å². The van der Waals surface area contributed by atoms with Gasteiger partial charge in [0.1, 0.15) is 0 Å². The van der Waals surface area contributed by atoms with Gasteiger partial charge in [-0.3, -0.25) is 15.1 Å². The van der Waals surface area contributed by atoms with Crippen LogP contribution in [0.5, 0.6) is 0 Å². The molecule has 0 aliphatic rings. The van der Waals surface area contributed by atoms with Crippen LogP contribution < -0.4 is 5.32 Å². The molecule has 0 saturated heterocycles. The van der Waals surface area contributed by atoms with Crippen LogP contribution in [-0.2, 0) is 4.84 Å². The summed E-state index contributed by atoms with van der Waals surface area (Å²) in [5.74, 6) is 0. The number of amides is 1. The second-order valence-corrected chi connectivity index (χ2v) is 6.11. The monoisotopic (exact) mass is 349 g/mol. The van der Waals surface area contributed by atoms with Crippen LogP contribution in [0.4, 0.5) is 10.5 Å². The summed E-state index contributed by atoms with van der Waals surface area (Å²) in [4.78, 5) is 22.5. The smallest absolute Gasteiger partial charge is 0.298 e. The molecule has 25 heavy (non-hydrogen) atoms. The first-order chi connectivity index (χ1) is 12.3. The molecule has 124 valence electrons. The molecule has 0 radical (unpaired) electrons. The largest absolute Gasteiger partial charge is 0.437 e. The van der Waals surface area contributed by atoms with Crippen LogP contribution in [0.2, 0.25) is 0 Å². The van der Waals surface area contributed by atoms with E-state index in [0.29, 0.717) is 5.69 Å². The minimum Gasteiger partial charge on any atom is -0.298 e. The first-order valence-corrected chi connectivity index (χ1v) is 8.35.